The minimum absolute atomic E-state index is 0.299. The highest BCUT2D eigenvalue weighted by molar-refractivity contribution is 7.39. The highest BCUT2D eigenvalue weighted by Crippen LogP contribution is 2.50. The molecule has 0 bridgehead atoms. The summed E-state index contributed by atoms with van der Waals surface area (Å²) in [5.74, 6) is -17.3. The van der Waals surface area contributed by atoms with E-state index in [1.165, 1.54) is 24.3 Å². The fourth-order valence-corrected chi connectivity index (χ4v) is 12.5. The van der Waals surface area contributed by atoms with Crippen LogP contribution < -0.4 is 0 Å². The Bertz CT molecular complexity index is 2290. The lowest BCUT2D eigenvalue weighted by atomic mass is 9.96. The number of hydrogen-bond donors (Lipinski definition) is 0. The van der Waals surface area contributed by atoms with Crippen LogP contribution in [0.1, 0.15) is 0 Å². The molecule has 8 aromatic rings. The molecule has 0 aliphatic carbocycles. The highest BCUT2D eigenvalue weighted by Gasteiger charge is 2.35. The first-order chi connectivity index (χ1) is 20.9. The highest BCUT2D eigenvalue weighted by atomic mass is 32.1. The molecule has 0 atom stereocenters. The molecular formula is C28H4F10S6. The molecule has 0 fully saturated rings. The van der Waals surface area contributed by atoms with Gasteiger partial charge < -0.3 is 0 Å². The average Bonchev–Trinajstić information content (AvgIpc) is 3.79. The van der Waals surface area contributed by atoms with Crippen LogP contribution in [0.5, 0.6) is 0 Å². The van der Waals surface area contributed by atoms with Gasteiger partial charge in [0.25, 0.3) is 0 Å². The molecule has 6 heterocycles. The van der Waals surface area contributed by atoms with E-state index in [-0.39, 0.29) is 9.75 Å². The smallest absolute Gasteiger partial charge is 0.178 e. The van der Waals surface area contributed by atoms with Crippen molar-refractivity contribution < 1.29 is 43.9 Å². The van der Waals surface area contributed by atoms with Crippen LogP contribution in [0.2, 0.25) is 0 Å². The van der Waals surface area contributed by atoms with Crippen LogP contribution >= 0.6 is 68.0 Å². The fourth-order valence-electron chi connectivity index (χ4n) is 4.99. The van der Waals surface area contributed by atoms with Gasteiger partial charge in [-0.2, -0.15) is 8.78 Å². The van der Waals surface area contributed by atoms with E-state index in [9.17, 15) is 8.78 Å². The number of rotatable bonds is 3. The normalized spacial score (nSPS) is 12.3. The molecule has 0 aliphatic rings. The minimum Gasteiger partial charge on any atom is -0.203 e. The predicted molar refractivity (Wildman–Crippen MR) is 160 cm³/mol. The molecule has 16 heteroatoms. The van der Waals surface area contributed by atoms with Crippen molar-refractivity contribution in [1.29, 1.82) is 0 Å². The molecule has 0 nitrogen and oxygen atoms in total. The number of benzene rings is 2. The first-order valence-corrected chi connectivity index (χ1v) is 16.8. The molecule has 0 spiro atoms. The zero-order valence-electron chi connectivity index (χ0n) is 20.5. The van der Waals surface area contributed by atoms with E-state index in [1.807, 2.05) is 0 Å². The molecule has 44 heavy (non-hydrogen) atoms. The molecule has 0 saturated carbocycles. The molecular weight excluding hydrogens is 719 g/mol. The van der Waals surface area contributed by atoms with Crippen molar-refractivity contribution in [2.75, 3.05) is 0 Å². The number of hydrogen-bond acceptors (Lipinski definition) is 6. The minimum atomic E-state index is -2.27. The van der Waals surface area contributed by atoms with Crippen LogP contribution in [0.3, 0.4) is 0 Å². The predicted octanol–water partition coefficient (Wildman–Crippen LogP) is 13.1. The monoisotopic (exact) mass is 722 g/mol. The molecule has 0 amide bonds. The first-order valence-electron chi connectivity index (χ1n) is 11.9. The zero-order valence-corrected chi connectivity index (χ0v) is 25.4. The Morgan fingerprint density at radius 3 is 0.909 bits per heavy atom. The van der Waals surface area contributed by atoms with Crippen LogP contribution in [0.15, 0.2) is 24.3 Å². The van der Waals surface area contributed by atoms with Gasteiger partial charge in [0.05, 0.1) is 50.5 Å². The van der Waals surface area contributed by atoms with E-state index < -0.39 is 79.1 Å². The average molecular weight is 723 g/mol. The van der Waals surface area contributed by atoms with Crippen molar-refractivity contribution in [3.8, 4) is 32.0 Å². The van der Waals surface area contributed by atoms with Gasteiger partial charge in [-0.3, -0.25) is 0 Å². The van der Waals surface area contributed by atoms with Crippen molar-refractivity contribution >= 4 is 106 Å². The van der Waals surface area contributed by atoms with Gasteiger partial charge >= 0.3 is 0 Å². The Labute approximate surface area is 261 Å². The standard InChI is InChI=1S/C28H4F10S6/c29-11-3-9-27(43-11)25-7(39-9)1-5(41-25)13-17(31)21(35)15(22(36)18(13)32)16-23(37)19(33)14(20(34)24(16)38)6-2-8-26(42-6)28-10(40-8)4-12(30)44-28/h1-4H. The number of thiophene rings is 6. The first kappa shape index (κ1) is 28.5. The van der Waals surface area contributed by atoms with Gasteiger partial charge in [0.2, 0.25) is 0 Å². The van der Waals surface area contributed by atoms with E-state index in [0.717, 1.165) is 45.3 Å². The van der Waals surface area contributed by atoms with Crippen molar-refractivity contribution in [3.63, 3.8) is 0 Å². The Hall–Kier alpha value is -3.02. The summed E-state index contributed by atoms with van der Waals surface area (Å²) in [5, 5.41) is -1.02. The lowest BCUT2D eigenvalue weighted by molar-refractivity contribution is 0.446. The topological polar surface area (TPSA) is 0 Å². The van der Waals surface area contributed by atoms with Gasteiger partial charge in [-0.25, -0.2) is 35.1 Å². The van der Waals surface area contributed by atoms with Crippen LogP contribution in [0.25, 0.3) is 69.6 Å². The Kier molecular flexibility index (Phi) is 6.30. The lowest BCUT2D eigenvalue weighted by Gasteiger charge is -2.15. The zero-order chi connectivity index (χ0) is 30.9. The maximum atomic E-state index is 15.4. The van der Waals surface area contributed by atoms with Gasteiger partial charge in [-0.15, -0.1) is 68.0 Å². The lowest BCUT2D eigenvalue weighted by Crippen LogP contribution is -2.09. The summed E-state index contributed by atoms with van der Waals surface area (Å²) >= 11 is 5.13. The third kappa shape index (κ3) is 3.84. The van der Waals surface area contributed by atoms with Crippen molar-refractivity contribution in [3.05, 3.63) is 81.1 Å². The molecule has 0 aliphatic heterocycles. The Morgan fingerprint density at radius 2 is 0.568 bits per heavy atom. The van der Waals surface area contributed by atoms with Crippen molar-refractivity contribution in [2.45, 2.75) is 0 Å². The largest absolute Gasteiger partial charge is 0.203 e. The molecule has 0 unspecified atom stereocenters. The molecule has 6 aromatic heterocycles. The maximum absolute atomic E-state index is 15.4. The second kappa shape index (κ2) is 9.74. The second-order valence-corrected chi connectivity index (χ2v) is 15.6. The van der Waals surface area contributed by atoms with Crippen molar-refractivity contribution in [2.24, 2.45) is 0 Å². The van der Waals surface area contributed by atoms with Crippen LogP contribution in [0.4, 0.5) is 43.9 Å². The van der Waals surface area contributed by atoms with Crippen LogP contribution in [-0.4, -0.2) is 0 Å². The third-order valence-corrected chi connectivity index (χ3v) is 14.0. The second-order valence-electron chi connectivity index (χ2n) is 9.31. The van der Waals surface area contributed by atoms with E-state index in [0.29, 0.717) is 60.3 Å². The molecule has 0 N–H and O–H groups in total. The van der Waals surface area contributed by atoms with Gasteiger partial charge in [-0.05, 0) is 12.1 Å². The summed E-state index contributed by atoms with van der Waals surface area (Å²) in [7, 11) is 0. The van der Waals surface area contributed by atoms with E-state index in [4.69, 9.17) is 0 Å². The van der Waals surface area contributed by atoms with Crippen LogP contribution in [0, 0.1) is 56.8 Å². The number of fused-ring (bicyclic) bond motifs is 6. The molecule has 0 saturated heterocycles. The summed E-state index contributed by atoms with van der Waals surface area (Å²) in [6, 6.07) is 5.00. The van der Waals surface area contributed by atoms with Crippen molar-refractivity contribution in [1.82, 2.24) is 0 Å². The maximum Gasteiger partial charge on any atom is 0.178 e. The van der Waals surface area contributed by atoms with Gasteiger partial charge in [-0.1, -0.05) is 0 Å². The number of halogens is 10. The quantitative estimate of drug-likeness (QED) is 0.126. The van der Waals surface area contributed by atoms with Gasteiger partial charge in [0.1, 0.15) is 0 Å². The summed E-state index contributed by atoms with van der Waals surface area (Å²) in [5.41, 5.74) is -6.33. The summed E-state index contributed by atoms with van der Waals surface area (Å²) < 4.78 is 154. The van der Waals surface area contributed by atoms with Gasteiger partial charge in [0.15, 0.2) is 56.8 Å². The van der Waals surface area contributed by atoms with Crippen LogP contribution in [-0.2, 0) is 0 Å². The Morgan fingerprint density at radius 1 is 0.295 bits per heavy atom. The third-order valence-electron chi connectivity index (χ3n) is 6.85. The SMILES string of the molecule is Fc1cc2sc3cc(-c4c(F)c(F)c(-c5c(F)c(F)c(-c6cc7sc8cc(F)sc8c7s6)c(F)c5F)c(F)c4F)sc3c2s1. The summed E-state index contributed by atoms with van der Waals surface area (Å²) in [6.45, 7) is 0. The Balaban J connectivity index is 1.29. The summed E-state index contributed by atoms with van der Waals surface area (Å²) in [4.78, 5) is -0.597. The van der Waals surface area contributed by atoms with E-state index in [2.05, 4.69) is 0 Å². The molecule has 2 aromatic carbocycles. The van der Waals surface area contributed by atoms with Gasteiger partial charge in [0, 0.05) is 31.3 Å². The van der Waals surface area contributed by atoms with E-state index >= 15 is 35.1 Å². The molecule has 8 rings (SSSR count). The van der Waals surface area contributed by atoms with E-state index in [1.54, 1.807) is 0 Å². The molecule has 222 valence electrons. The fraction of sp³-hybridized carbons (Fsp3) is 0. The molecule has 0 radical (unpaired) electrons. The summed E-state index contributed by atoms with van der Waals surface area (Å²) in [6.07, 6.45) is 0.